The minimum Gasteiger partial charge on any atom is -0.490 e. The number of aromatic amines is 1. The Labute approximate surface area is 140 Å². The molecule has 4 rings (SSSR count). The lowest BCUT2D eigenvalue weighted by molar-refractivity contribution is 0.163. The maximum absolute atomic E-state index is 12.2. The molecule has 1 aromatic heterocycles. The normalized spacial score (nSPS) is 15.5. The van der Waals surface area contributed by atoms with Crippen LogP contribution < -0.4 is 15.6 Å². The highest BCUT2D eigenvalue weighted by molar-refractivity contribution is 5.90. The molecule has 1 aliphatic heterocycles. The van der Waals surface area contributed by atoms with E-state index in [0.29, 0.717) is 5.39 Å². The molecule has 2 N–H and O–H groups in total. The fraction of sp³-hybridized carbons (Fsp3) is 0.250. The molecule has 4 nitrogen and oxygen atoms in total. The second-order valence-electron chi connectivity index (χ2n) is 6.18. The van der Waals surface area contributed by atoms with Crippen LogP contribution in [0.3, 0.4) is 0 Å². The van der Waals surface area contributed by atoms with Crippen molar-refractivity contribution in [1.29, 1.82) is 0 Å². The molecule has 24 heavy (non-hydrogen) atoms. The summed E-state index contributed by atoms with van der Waals surface area (Å²) in [6, 6.07) is 16.0. The molecule has 4 heteroatoms. The van der Waals surface area contributed by atoms with Crippen molar-refractivity contribution in [3.63, 3.8) is 0 Å². The number of aromatic nitrogens is 1. The van der Waals surface area contributed by atoms with E-state index in [-0.39, 0.29) is 11.7 Å². The summed E-state index contributed by atoms with van der Waals surface area (Å²) in [5.41, 5.74) is 1.96. The lowest BCUT2D eigenvalue weighted by atomic mass is 10.0. The van der Waals surface area contributed by atoms with Gasteiger partial charge in [0.15, 0.2) is 0 Å². The summed E-state index contributed by atoms with van der Waals surface area (Å²) < 4.78 is 6.34. The van der Waals surface area contributed by atoms with E-state index in [2.05, 4.69) is 10.3 Å². The summed E-state index contributed by atoms with van der Waals surface area (Å²) in [5, 5.41) is 4.95. The van der Waals surface area contributed by atoms with Gasteiger partial charge < -0.3 is 15.0 Å². The van der Waals surface area contributed by atoms with Gasteiger partial charge in [0.25, 0.3) is 5.56 Å². The summed E-state index contributed by atoms with van der Waals surface area (Å²) in [6.07, 6.45) is 3.90. The number of H-pyrrole nitrogens is 1. The Morgan fingerprint density at radius 3 is 2.58 bits per heavy atom. The van der Waals surface area contributed by atoms with E-state index in [0.717, 1.165) is 48.2 Å². The largest absolute Gasteiger partial charge is 0.490 e. The summed E-state index contributed by atoms with van der Waals surface area (Å²) in [4.78, 5) is 14.9. The minimum atomic E-state index is -0.0712. The van der Waals surface area contributed by atoms with Crippen molar-refractivity contribution in [3.05, 3.63) is 65.1 Å². The number of hydrogen-bond acceptors (Lipinski definition) is 3. The topological polar surface area (TPSA) is 54.1 Å². The molecule has 0 unspecified atom stereocenters. The highest BCUT2D eigenvalue weighted by Crippen LogP contribution is 2.34. The zero-order valence-electron chi connectivity index (χ0n) is 13.4. The lowest BCUT2D eigenvalue weighted by Gasteiger charge is -2.25. The molecule has 1 saturated heterocycles. The monoisotopic (exact) mass is 320 g/mol. The molecule has 0 aliphatic carbocycles. The maximum atomic E-state index is 12.2. The molecule has 0 bridgehead atoms. The van der Waals surface area contributed by atoms with E-state index in [1.54, 1.807) is 6.20 Å². The summed E-state index contributed by atoms with van der Waals surface area (Å²) in [5.74, 6) is 0.853. The number of nitrogens with one attached hydrogen (secondary N) is 2. The number of rotatable bonds is 3. The number of pyridine rings is 1. The van der Waals surface area contributed by atoms with E-state index < -0.39 is 0 Å². The number of hydrogen-bond donors (Lipinski definition) is 2. The zero-order chi connectivity index (χ0) is 16.4. The van der Waals surface area contributed by atoms with Gasteiger partial charge in [-0.1, -0.05) is 30.3 Å². The van der Waals surface area contributed by atoms with Crippen molar-refractivity contribution in [1.82, 2.24) is 10.3 Å². The molecule has 0 radical (unpaired) electrons. The standard InChI is InChI=1S/C20H20N2O2/c23-20-18-13-17(14-4-2-1-3-5-14)19(12-15(18)6-11-22-20)24-16-7-9-21-10-8-16/h1-6,11-13,16,21H,7-10H2,(H,22,23). The van der Waals surface area contributed by atoms with Crippen LogP contribution in [0.2, 0.25) is 0 Å². The molecule has 0 saturated carbocycles. The molecule has 1 fully saturated rings. The van der Waals surface area contributed by atoms with Gasteiger partial charge in [-0.25, -0.2) is 0 Å². The van der Waals surface area contributed by atoms with E-state index >= 15 is 0 Å². The lowest BCUT2D eigenvalue weighted by Crippen LogP contribution is -2.34. The third-order valence-corrected chi connectivity index (χ3v) is 4.54. The number of fused-ring (bicyclic) bond motifs is 1. The Hall–Kier alpha value is -2.59. The van der Waals surface area contributed by atoms with Gasteiger partial charge in [-0.3, -0.25) is 4.79 Å². The minimum absolute atomic E-state index is 0.0712. The van der Waals surface area contributed by atoms with Gasteiger partial charge in [0.05, 0.1) is 0 Å². The van der Waals surface area contributed by atoms with Gasteiger partial charge in [-0.05, 0) is 55.1 Å². The zero-order valence-corrected chi connectivity index (χ0v) is 13.4. The molecule has 0 spiro atoms. The van der Waals surface area contributed by atoms with Crippen LogP contribution in [0.15, 0.2) is 59.5 Å². The third kappa shape index (κ3) is 2.93. The van der Waals surface area contributed by atoms with E-state index in [1.165, 1.54) is 0 Å². The van der Waals surface area contributed by atoms with Crippen molar-refractivity contribution < 1.29 is 4.74 Å². The maximum Gasteiger partial charge on any atom is 0.255 e. The first kappa shape index (κ1) is 15.0. The summed E-state index contributed by atoms with van der Waals surface area (Å²) in [6.45, 7) is 1.97. The summed E-state index contributed by atoms with van der Waals surface area (Å²) in [7, 11) is 0. The van der Waals surface area contributed by atoms with Gasteiger partial charge >= 0.3 is 0 Å². The molecule has 2 heterocycles. The molecular weight excluding hydrogens is 300 g/mol. The molecule has 3 aromatic rings. The predicted octanol–water partition coefficient (Wildman–Crippen LogP) is 3.33. The average molecular weight is 320 g/mol. The van der Waals surface area contributed by atoms with Gasteiger partial charge in [0.1, 0.15) is 11.9 Å². The molecule has 122 valence electrons. The van der Waals surface area contributed by atoms with Gasteiger partial charge in [0, 0.05) is 17.1 Å². The molecule has 0 amide bonds. The fourth-order valence-electron chi connectivity index (χ4n) is 3.25. The van der Waals surface area contributed by atoms with Crippen LogP contribution in [0.5, 0.6) is 5.75 Å². The van der Waals surface area contributed by atoms with Gasteiger partial charge in [-0.15, -0.1) is 0 Å². The second-order valence-corrected chi connectivity index (χ2v) is 6.18. The summed E-state index contributed by atoms with van der Waals surface area (Å²) >= 11 is 0. The Morgan fingerprint density at radius 1 is 1.00 bits per heavy atom. The molecule has 0 atom stereocenters. The quantitative estimate of drug-likeness (QED) is 0.778. The van der Waals surface area contributed by atoms with Crippen LogP contribution in [0, 0.1) is 0 Å². The Bertz CT molecular complexity index is 896. The first-order chi connectivity index (χ1) is 11.8. The van der Waals surface area contributed by atoms with Crippen LogP contribution >= 0.6 is 0 Å². The number of benzene rings is 2. The molecular formula is C20H20N2O2. The third-order valence-electron chi connectivity index (χ3n) is 4.54. The van der Waals surface area contributed by atoms with Crippen molar-refractivity contribution in [3.8, 4) is 16.9 Å². The van der Waals surface area contributed by atoms with E-state index in [1.807, 2.05) is 48.5 Å². The average Bonchev–Trinajstić information content (AvgIpc) is 2.63. The van der Waals surface area contributed by atoms with Crippen LogP contribution in [0.4, 0.5) is 0 Å². The second kappa shape index (κ2) is 6.49. The van der Waals surface area contributed by atoms with Crippen LogP contribution in [0.1, 0.15) is 12.8 Å². The Kier molecular flexibility index (Phi) is 4.05. The first-order valence-corrected chi connectivity index (χ1v) is 8.39. The van der Waals surface area contributed by atoms with Crippen molar-refractivity contribution in [2.75, 3.05) is 13.1 Å². The Morgan fingerprint density at radius 2 is 1.79 bits per heavy atom. The Balaban J connectivity index is 1.84. The van der Waals surface area contributed by atoms with Gasteiger partial charge in [-0.2, -0.15) is 0 Å². The molecule has 2 aromatic carbocycles. The van der Waals surface area contributed by atoms with Gasteiger partial charge in [0.2, 0.25) is 0 Å². The smallest absolute Gasteiger partial charge is 0.255 e. The van der Waals surface area contributed by atoms with E-state index in [9.17, 15) is 4.79 Å². The van der Waals surface area contributed by atoms with Crippen molar-refractivity contribution in [2.24, 2.45) is 0 Å². The van der Waals surface area contributed by atoms with Crippen molar-refractivity contribution >= 4 is 10.8 Å². The highest BCUT2D eigenvalue weighted by atomic mass is 16.5. The SMILES string of the molecule is O=c1[nH]ccc2cc(OC3CCNCC3)c(-c3ccccc3)cc12. The van der Waals surface area contributed by atoms with Crippen LogP contribution in [0.25, 0.3) is 21.9 Å². The predicted molar refractivity (Wildman–Crippen MR) is 96.5 cm³/mol. The van der Waals surface area contributed by atoms with Crippen molar-refractivity contribution in [2.45, 2.75) is 18.9 Å². The van der Waals surface area contributed by atoms with E-state index in [4.69, 9.17) is 4.74 Å². The highest BCUT2D eigenvalue weighted by Gasteiger charge is 2.18. The van der Waals surface area contributed by atoms with Crippen LogP contribution in [-0.4, -0.2) is 24.2 Å². The molecule has 1 aliphatic rings. The van der Waals surface area contributed by atoms with Crippen LogP contribution in [-0.2, 0) is 0 Å². The number of ether oxygens (including phenoxy) is 1. The fourth-order valence-corrected chi connectivity index (χ4v) is 3.25. The first-order valence-electron chi connectivity index (χ1n) is 8.39. The number of piperidine rings is 1.